The molecular weight excluding hydrogens is 541 g/mol. The van der Waals surface area contributed by atoms with Crippen LogP contribution in [0.5, 0.6) is 0 Å². The second-order valence-electron chi connectivity index (χ2n) is 10.9. The summed E-state index contributed by atoms with van der Waals surface area (Å²) >= 11 is 5.87. The van der Waals surface area contributed by atoms with Gasteiger partial charge in [0.25, 0.3) is 0 Å². The third kappa shape index (κ3) is 8.01. The van der Waals surface area contributed by atoms with Gasteiger partial charge in [-0.3, -0.25) is 4.79 Å². The number of amides is 1. The molecule has 1 heterocycles. The van der Waals surface area contributed by atoms with E-state index in [1.54, 1.807) is 24.3 Å². The molecule has 1 aliphatic heterocycles. The first-order chi connectivity index (χ1) is 18.6. The lowest BCUT2D eigenvalue weighted by molar-refractivity contribution is -0.127. The molecule has 2 aromatic rings. The number of hydrogen-bond donors (Lipinski definition) is 1. The smallest absolute Gasteiger partial charge is 0.246 e. The van der Waals surface area contributed by atoms with Crippen molar-refractivity contribution in [3.63, 3.8) is 0 Å². The van der Waals surface area contributed by atoms with Crippen molar-refractivity contribution < 1.29 is 22.3 Å². The van der Waals surface area contributed by atoms with E-state index in [-0.39, 0.29) is 41.9 Å². The number of sulfonamides is 1. The van der Waals surface area contributed by atoms with Gasteiger partial charge in [-0.05, 0) is 93.6 Å². The predicted octanol–water partition coefficient (Wildman–Crippen LogP) is 4.87. The van der Waals surface area contributed by atoms with E-state index >= 15 is 0 Å². The molecule has 2 atom stereocenters. The maximum atomic E-state index is 13.8. The molecule has 4 rings (SSSR count). The van der Waals surface area contributed by atoms with Gasteiger partial charge in [0.2, 0.25) is 15.9 Å². The number of nitrogens with zero attached hydrogens (tertiary/aromatic N) is 2. The maximum Gasteiger partial charge on any atom is 0.246 e. The number of carbonyl (C=O) groups excluding carboxylic acids is 1. The van der Waals surface area contributed by atoms with Gasteiger partial charge in [-0.2, -0.15) is 4.31 Å². The molecule has 1 aliphatic carbocycles. The zero-order chi connectivity index (χ0) is 28.0. The van der Waals surface area contributed by atoms with Crippen LogP contribution in [0.25, 0.3) is 0 Å². The standard InChI is InChI=1S/C29H39ClFN3O4S/c1-33(2)29(23-4-3-5-25(31)18-23)22-8-6-21(7-9-22)14-16-32-28(35)20-38-26-15-17-34(19-26)39(36,37)27-12-10-24(30)11-13-27/h3-5,10-13,18,21-22,26,29H,6-9,14-17,19-20H2,1-2H3,(H,32,35). The van der Waals surface area contributed by atoms with Crippen LogP contribution in [-0.4, -0.2) is 70.0 Å². The summed E-state index contributed by atoms with van der Waals surface area (Å²) in [6.45, 7) is 1.10. The highest BCUT2D eigenvalue weighted by Crippen LogP contribution is 2.40. The lowest BCUT2D eigenvalue weighted by atomic mass is 9.75. The van der Waals surface area contributed by atoms with Crippen molar-refractivity contribution in [1.29, 1.82) is 0 Å². The van der Waals surface area contributed by atoms with E-state index in [1.807, 2.05) is 6.07 Å². The predicted molar refractivity (Wildman–Crippen MR) is 150 cm³/mol. The fourth-order valence-electron chi connectivity index (χ4n) is 5.94. The van der Waals surface area contributed by atoms with E-state index in [4.69, 9.17) is 16.3 Å². The lowest BCUT2D eigenvalue weighted by Gasteiger charge is -2.37. The molecule has 2 aromatic carbocycles. The zero-order valence-corrected chi connectivity index (χ0v) is 24.3. The molecule has 1 saturated heterocycles. The molecule has 1 amide bonds. The Bertz CT molecular complexity index is 1200. The van der Waals surface area contributed by atoms with Gasteiger partial charge in [-0.25, -0.2) is 12.8 Å². The van der Waals surface area contributed by atoms with Crippen LogP contribution < -0.4 is 5.32 Å². The van der Waals surface area contributed by atoms with Crippen LogP contribution in [-0.2, 0) is 19.6 Å². The van der Waals surface area contributed by atoms with Crippen LogP contribution in [0.15, 0.2) is 53.4 Å². The topological polar surface area (TPSA) is 79.0 Å². The van der Waals surface area contributed by atoms with E-state index < -0.39 is 10.0 Å². The molecule has 0 bridgehead atoms. The summed E-state index contributed by atoms with van der Waals surface area (Å²) in [5.74, 6) is 0.664. The average Bonchev–Trinajstić information content (AvgIpc) is 3.39. The number of nitrogens with one attached hydrogen (secondary N) is 1. The minimum absolute atomic E-state index is 0.0790. The van der Waals surface area contributed by atoms with E-state index in [0.717, 1.165) is 37.7 Å². The quantitative estimate of drug-likeness (QED) is 0.411. The second-order valence-corrected chi connectivity index (χ2v) is 13.3. The molecule has 1 saturated carbocycles. The maximum absolute atomic E-state index is 13.8. The molecule has 39 heavy (non-hydrogen) atoms. The Morgan fingerprint density at radius 3 is 2.51 bits per heavy atom. The van der Waals surface area contributed by atoms with Gasteiger partial charge in [0.1, 0.15) is 12.4 Å². The van der Waals surface area contributed by atoms with Gasteiger partial charge < -0.3 is 15.0 Å². The van der Waals surface area contributed by atoms with Crippen LogP contribution in [0.2, 0.25) is 5.02 Å². The highest BCUT2D eigenvalue weighted by molar-refractivity contribution is 7.89. The molecule has 214 valence electrons. The monoisotopic (exact) mass is 579 g/mol. The van der Waals surface area contributed by atoms with Gasteiger partial charge in [-0.15, -0.1) is 0 Å². The number of rotatable bonds is 11. The third-order valence-corrected chi connectivity index (χ3v) is 10.1. The number of halogens is 2. The van der Waals surface area contributed by atoms with Crippen LogP contribution >= 0.6 is 11.6 Å². The molecule has 0 aromatic heterocycles. The Kier molecular flexibility index (Phi) is 10.4. The van der Waals surface area contributed by atoms with Crippen molar-refractivity contribution >= 4 is 27.5 Å². The Hall–Kier alpha value is -2.04. The highest BCUT2D eigenvalue weighted by Gasteiger charge is 2.33. The van der Waals surface area contributed by atoms with Gasteiger partial charge in [-0.1, -0.05) is 36.6 Å². The first-order valence-corrected chi connectivity index (χ1v) is 15.5. The van der Waals surface area contributed by atoms with Gasteiger partial charge in [0, 0.05) is 30.7 Å². The van der Waals surface area contributed by atoms with E-state index in [1.165, 1.54) is 22.5 Å². The Labute approximate surface area is 236 Å². The van der Waals surface area contributed by atoms with Gasteiger partial charge in [0.05, 0.1) is 11.0 Å². The van der Waals surface area contributed by atoms with Crippen molar-refractivity contribution in [3.8, 4) is 0 Å². The summed E-state index contributed by atoms with van der Waals surface area (Å²) in [5, 5.41) is 3.43. The first kappa shape index (κ1) is 29.9. The number of carbonyl (C=O) groups is 1. The summed E-state index contributed by atoms with van der Waals surface area (Å²) in [5.41, 5.74) is 1.03. The number of benzene rings is 2. The first-order valence-electron chi connectivity index (χ1n) is 13.7. The molecule has 2 aliphatic rings. The molecule has 0 radical (unpaired) electrons. The van der Waals surface area contributed by atoms with E-state index in [0.29, 0.717) is 36.4 Å². The number of ether oxygens (including phenoxy) is 1. The van der Waals surface area contributed by atoms with Crippen LogP contribution in [0.1, 0.15) is 50.1 Å². The molecule has 2 fully saturated rings. The SMILES string of the molecule is CN(C)C(c1cccc(F)c1)C1CCC(CCNC(=O)COC2CCN(S(=O)(=O)c3ccc(Cl)cc3)C2)CC1. The van der Waals surface area contributed by atoms with Crippen LogP contribution in [0.3, 0.4) is 0 Å². The molecule has 1 N–H and O–H groups in total. The summed E-state index contributed by atoms with van der Waals surface area (Å²) in [4.78, 5) is 14.7. The normalized spacial score (nSPS) is 23.2. The van der Waals surface area contributed by atoms with Crippen LogP contribution in [0, 0.1) is 17.7 Å². The van der Waals surface area contributed by atoms with Crippen molar-refractivity contribution in [2.45, 2.75) is 55.6 Å². The summed E-state index contributed by atoms with van der Waals surface area (Å²) in [6.07, 6.45) is 5.51. The average molecular weight is 580 g/mol. The second kappa shape index (κ2) is 13.5. The molecule has 2 unspecified atom stereocenters. The van der Waals surface area contributed by atoms with Gasteiger partial charge in [0.15, 0.2) is 0 Å². The molecular formula is C29H39ClFN3O4S. The Morgan fingerprint density at radius 2 is 1.85 bits per heavy atom. The summed E-state index contributed by atoms with van der Waals surface area (Å²) in [6, 6.07) is 13.2. The minimum atomic E-state index is -3.61. The lowest BCUT2D eigenvalue weighted by Crippen LogP contribution is -2.34. The summed E-state index contributed by atoms with van der Waals surface area (Å²) < 4.78 is 46.6. The van der Waals surface area contributed by atoms with Gasteiger partial charge >= 0.3 is 0 Å². The fourth-order valence-corrected chi connectivity index (χ4v) is 7.56. The number of hydrogen-bond acceptors (Lipinski definition) is 5. The van der Waals surface area contributed by atoms with Crippen molar-refractivity contribution in [3.05, 3.63) is 64.9 Å². The molecule has 10 heteroatoms. The van der Waals surface area contributed by atoms with Crippen molar-refractivity contribution in [2.75, 3.05) is 40.3 Å². The summed E-state index contributed by atoms with van der Waals surface area (Å²) in [7, 11) is 0.502. The Balaban J connectivity index is 1.14. The largest absolute Gasteiger partial charge is 0.367 e. The molecule has 0 spiro atoms. The minimum Gasteiger partial charge on any atom is -0.367 e. The zero-order valence-electron chi connectivity index (χ0n) is 22.7. The van der Waals surface area contributed by atoms with Crippen molar-refractivity contribution in [2.24, 2.45) is 11.8 Å². The highest BCUT2D eigenvalue weighted by atomic mass is 35.5. The third-order valence-electron chi connectivity index (χ3n) is 7.97. The van der Waals surface area contributed by atoms with E-state index in [9.17, 15) is 17.6 Å². The fraction of sp³-hybridized carbons (Fsp3) is 0.552. The van der Waals surface area contributed by atoms with Crippen molar-refractivity contribution in [1.82, 2.24) is 14.5 Å². The Morgan fingerprint density at radius 1 is 1.13 bits per heavy atom. The van der Waals surface area contributed by atoms with E-state index in [2.05, 4.69) is 24.3 Å². The van der Waals surface area contributed by atoms with Crippen LogP contribution in [0.4, 0.5) is 4.39 Å². The molecule has 7 nitrogen and oxygen atoms in total.